The Bertz CT molecular complexity index is 300. The van der Waals surface area contributed by atoms with Gasteiger partial charge < -0.3 is 0 Å². The van der Waals surface area contributed by atoms with E-state index in [0.717, 1.165) is 0 Å². The molecule has 1 aromatic rings. The monoisotopic (exact) mass is 266 g/mol. The maximum absolute atomic E-state index is 9.54. The van der Waals surface area contributed by atoms with Gasteiger partial charge in [0.15, 0.2) is 0 Å². The number of hydrogen-bond acceptors (Lipinski definition) is 6. The van der Waals surface area contributed by atoms with Gasteiger partial charge in [-0.05, 0) is 0 Å². The van der Waals surface area contributed by atoms with E-state index in [1.165, 1.54) is 14.2 Å². The summed E-state index contributed by atoms with van der Waals surface area (Å²) in [4.78, 5) is 0. The summed E-state index contributed by atoms with van der Waals surface area (Å²) in [6.45, 7) is -1.15. The quantitative estimate of drug-likeness (QED) is 0.575. The molecule has 1 aromatic carbocycles. The van der Waals surface area contributed by atoms with E-state index >= 15 is 0 Å². The van der Waals surface area contributed by atoms with Crippen LogP contribution in [0.4, 0.5) is 0 Å². The van der Waals surface area contributed by atoms with Crippen LogP contribution in [0.2, 0.25) is 0 Å². The summed E-state index contributed by atoms with van der Waals surface area (Å²) < 4.78 is 38.2. The second kappa shape index (κ2) is 6.31. The normalized spacial score (nSPS) is 11.8. The summed E-state index contributed by atoms with van der Waals surface area (Å²) in [5.41, 5.74) is 0. The van der Waals surface area contributed by atoms with Crippen LogP contribution >= 0.6 is 0 Å². The molecule has 0 fully saturated rings. The average molecular weight is 266 g/mol. The van der Waals surface area contributed by atoms with Crippen molar-refractivity contribution in [1.29, 1.82) is 0 Å². The van der Waals surface area contributed by atoms with Crippen molar-refractivity contribution in [3.63, 3.8) is 0 Å². The van der Waals surface area contributed by atoms with Crippen LogP contribution in [-0.2, 0) is 30.9 Å². The second-order valence-corrected chi connectivity index (χ2v) is 5.24. The summed E-state index contributed by atoms with van der Waals surface area (Å²) in [7, 11) is 2.63. The zero-order valence-electron chi connectivity index (χ0n) is 8.99. The molecule has 0 atom stereocenters. The standard InChI is InChI=1S/C6H6O.C3H7O3.2H2O.Ti/c7-6-4-2-1-3-5-6;1-5-3(4)6-2;;;/h1-5,7H;3H,1-2H3;2*1H2;/q;-1;;;+4/p-3. The van der Waals surface area contributed by atoms with Gasteiger partial charge in [0, 0.05) is 0 Å². The number of ether oxygens (including phenoxy) is 2. The SMILES string of the molecule is COC(OC)[O][Ti]([OH])([OH])[O]c1ccccc1. The Balaban J connectivity index is 2.57. The van der Waals surface area contributed by atoms with Gasteiger partial charge >= 0.3 is 98.4 Å². The molecule has 1 rings (SSSR count). The van der Waals surface area contributed by atoms with Gasteiger partial charge in [0.2, 0.25) is 0 Å². The molecular weight excluding hydrogens is 252 g/mol. The Morgan fingerprint density at radius 1 is 1.06 bits per heavy atom. The van der Waals surface area contributed by atoms with Crippen LogP contribution < -0.4 is 3.32 Å². The van der Waals surface area contributed by atoms with E-state index in [9.17, 15) is 7.38 Å². The van der Waals surface area contributed by atoms with Crippen LogP contribution in [0.5, 0.6) is 5.75 Å². The molecule has 0 heterocycles. The molecule has 0 saturated heterocycles. The van der Waals surface area contributed by atoms with Gasteiger partial charge in [-0.1, -0.05) is 0 Å². The predicted molar refractivity (Wildman–Crippen MR) is 50.4 cm³/mol. The fourth-order valence-corrected chi connectivity index (χ4v) is 2.44. The second-order valence-electron chi connectivity index (χ2n) is 2.84. The Morgan fingerprint density at radius 2 is 1.62 bits per heavy atom. The Labute approximate surface area is 98.6 Å². The first-order chi connectivity index (χ1) is 7.57. The van der Waals surface area contributed by atoms with Crippen molar-refractivity contribution in [3.05, 3.63) is 30.3 Å². The predicted octanol–water partition coefficient (Wildman–Crippen LogP) is 0.457. The molecule has 0 aliphatic heterocycles. The molecule has 16 heavy (non-hydrogen) atoms. The fraction of sp³-hybridized carbons (Fsp3) is 0.333. The molecule has 0 amide bonds. The van der Waals surface area contributed by atoms with Crippen molar-refractivity contribution >= 4 is 0 Å². The van der Waals surface area contributed by atoms with Gasteiger partial charge in [-0.25, -0.2) is 0 Å². The first kappa shape index (κ1) is 13.6. The number of hydrogen-bond donors (Lipinski definition) is 2. The van der Waals surface area contributed by atoms with Crippen molar-refractivity contribution in [2.45, 2.75) is 6.48 Å². The molecule has 0 spiro atoms. The molecule has 2 N–H and O–H groups in total. The molecule has 0 radical (unpaired) electrons. The summed E-state index contributed by atoms with van der Waals surface area (Å²) in [6.07, 6.45) is 0. The Kier molecular flexibility index (Phi) is 5.37. The van der Waals surface area contributed by atoms with Gasteiger partial charge in [0.1, 0.15) is 0 Å². The molecule has 0 bridgehead atoms. The molecule has 0 aliphatic rings. The first-order valence-electron chi connectivity index (χ1n) is 4.49. The van der Waals surface area contributed by atoms with Crippen molar-refractivity contribution in [3.8, 4) is 5.75 Å². The molecule has 6 nitrogen and oxygen atoms in total. The molecule has 0 saturated carbocycles. The molecule has 90 valence electrons. The fourth-order valence-electron chi connectivity index (χ4n) is 0.984. The van der Waals surface area contributed by atoms with Crippen LogP contribution in [-0.4, -0.2) is 28.1 Å². The number of benzene rings is 1. The zero-order chi connectivity index (χ0) is 12.0. The number of rotatable bonds is 6. The maximum atomic E-state index is 9.54. The molecule has 0 aromatic heterocycles. The van der Waals surface area contributed by atoms with E-state index in [-0.39, 0.29) is 0 Å². The van der Waals surface area contributed by atoms with E-state index < -0.39 is 24.6 Å². The third kappa shape index (κ3) is 4.59. The van der Waals surface area contributed by atoms with Crippen LogP contribution in [0.3, 0.4) is 0 Å². The minimum absolute atomic E-state index is 0.318. The van der Waals surface area contributed by atoms with E-state index in [2.05, 4.69) is 9.47 Å². The summed E-state index contributed by atoms with van der Waals surface area (Å²) in [5, 5.41) is 0. The summed E-state index contributed by atoms with van der Waals surface area (Å²) in [5.74, 6) is 0.318. The van der Waals surface area contributed by atoms with Crippen molar-refractivity contribution in [2.24, 2.45) is 0 Å². The van der Waals surface area contributed by atoms with Crippen LogP contribution in [0.1, 0.15) is 0 Å². The zero-order valence-corrected chi connectivity index (χ0v) is 10.6. The Morgan fingerprint density at radius 3 is 2.12 bits per heavy atom. The van der Waals surface area contributed by atoms with E-state index in [0.29, 0.717) is 5.75 Å². The third-order valence-electron chi connectivity index (χ3n) is 1.63. The van der Waals surface area contributed by atoms with E-state index in [1.807, 2.05) is 0 Å². The van der Waals surface area contributed by atoms with Gasteiger partial charge in [0.05, 0.1) is 0 Å². The summed E-state index contributed by atoms with van der Waals surface area (Å²) in [6, 6.07) is 8.37. The van der Waals surface area contributed by atoms with Crippen molar-refractivity contribution < 1.29 is 41.6 Å². The number of para-hydroxylation sites is 1. The Hall–Kier alpha value is -0.466. The van der Waals surface area contributed by atoms with Crippen LogP contribution in [0.15, 0.2) is 30.3 Å². The van der Waals surface area contributed by atoms with Crippen molar-refractivity contribution in [2.75, 3.05) is 14.2 Å². The van der Waals surface area contributed by atoms with Crippen molar-refractivity contribution in [1.82, 2.24) is 0 Å². The average Bonchev–Trinajstić information content (AvgIpc) is 2.26. The molecular formula is C9H14O6Ti. The van der Waals surface area contributed by atoms with Crippen LogP contribution in [0, 0.1) is 0 Å². The molecule has 7 heteroatoms. The first-order valence-corrected chi connectivity index (χ1v) is 7.17. The summed E-state index contributed by atoms with van der Waals surface area (Å²) >= 11 is -4.82. The van der Waals surface area contributed by atoms with Crippen LogP contribution in [0.25, 0.3) is 0 Å². The third-order valence-corrected chi connectivity index (χ3v) is 3.19. The number of methoxy groups -OCH3 is 2. The van der Waals surface area contributed by atoms with Gasteiger partial charge in [-0.15, -0.1) is 0 Å². The van der Waals surface area contributed by atoms with E-state index in [1.54, 1.807) is 30.3 Å². The van der Waals surface area contributed by atoms with Gasteiger partial charge in [-0.2, -0.15) is 0 Å². The van der Waals surface area contributed by atoms with E-state index in [4.69, 9.17) is 6.64 Å². The molecule has 0 unspecified atom stereocenters. The van der Waals surface area contributed by atoms with Gasteiger partial charge in [-0.3, -0.25) is 0 Å². The topological polar surface area (TPSA) is 77.4 Å². The van der Waals surface area contributed by atoms with Gasteiger partial charge in [0.25, 0.3) is 0 Å². The minimum atomic E-state index is -4.82. The molecule has 0 aliphatic carbocycles.